The van der Waals surface area contributed by atoms with Gasteiger partial charge >= 0.3 is 0 Å². The summed E-state index contributed by atoms with van der Waals surface area (Å²) in [5.41, 5.74) is 1.36. The van der Waals surface area contributed by atoms with Crippen LogP contribution in [0.15, 0.2) is 18.2 Å². The van der Waals surface area contributed by atoms with E-state index < -0.39 is 11.6 Å². The molecule has 0 spiro atoms. The average Bonchev–Trinajstić information content (AvgIpc) is 2.65. The molecule has 2 aromatic rings. The van der Waals surface area contributed by atoms with E-state index in [0.29, 0.717) is 41.4 Å². The number of aryl methyl sites for hydroxylation is 1. The summed E-state index contributed by atoms with van der Waals surface area (Å²) in [4.78, 5) is 22.9. The van der Waals surface area contributed by atoms with Crippen molar-refractivity contribution in [2.45, 2.75) is 38.8 Å². The fraction of sp³-hybridized carbons (Fsp3) is 0.450. The number of fused-ring (bicyclic) bond motifs is 1. The van der Waals surface area contributed by atoms with E-state index in [1.54, 1.807) is 0 Å². The molecule has 2 aliphatic rings. The number of likely N-dealkylation sites (N-methyl/N-ethyl adjacent to an activating group) is 1. The van der Waals surface area contributed by atoms with Crippen LogP contribution in [0.2, 0.25) is 0 Å². The van der Waals surface area contributed by atoms with Crippen LogP contribution in [0.5, 0.6) is 5.75 Å². The van der Waals surface area contributed by atoms with E-state index in [1.165, 1.54) is 6.07 Å². The second-order valence-electron chi connectivity index (χ2n) is 7.67. The molecule has 1 amide bonds. The molecule has 0 bridgehead atoms. The maximum Gasteiger partial charge on any atom is 0.246 e. The lowest BCUT2D eigenvalue weighted by Crippen LogP contribution is -2.45. The molecule has 2 N–H and O–H groups in total. The summed E-state index contributed by atoms with van der Waals surface area (Å²) in [7, 11) is 1.84. The number of nitrogens with zero attached hydrogens (tertiary/aromatic N) is 3. The van der Waals surface area contributed by atoms with E-state index in [2.05, 4.69) is 20.6 Å². The molecule has 9 heteroatoms. The molecule has 1 aromatic carbocycles. The number of carbonyl (C=O) groups excluding carboxylic acids is 1. The Morgan fingerprint density at radius 2 is 2.03 bits per heavy atom. The fourth-order valence-electron chi connectivity index (χ4n) is 3.56. The predicted molar refractivity (Wildman–Crippen MR) is 105 cm³/mol. The number of benzene rings is 1. The Labute approximate surface area is 167 Å². The fourth-order valence-corrected chi connectivity index (χ4v) is 3.56. The minimum atomic E-state index is -0.911. The number of amides is 1. The summed E-state index contributed by atoms with van der Waals surface area (Å²) in [5.74, 6) is 0.00656. The first-order valence-corrected chi connectivity index (χ1v) is 9.58. The van der Waals surface area contributed by atoms with Gasteiger partial charge < -0.3 is 20.3 Å². The van der Waals surface area contributed by atoms with Crippen LogP contribution >= 0.6 is 0 Å². The number of ether oxygens (including phenoxy) is 1. The number of hydrogen-bond donors (Lipinski definition) is 2. The van der Waals surface area contributed by atoms with E-state index in [9.17, 15) is 13.6 Å². The van der Waals surface area contributed by atoms with E-state index in [1.807, 2.05) is 25.8 Å². The Kier molecular flexibility index (Phi) is 4.97. The normalized spacial score (nSPS) is 23.1. The highest BCUT2D eigenvalue weighted by Crippen LogP contribution is 2.34. The van der Waals surface area contributed by atoms with Crippen LogP contribution in [0, 0.1) is 24.5 Å². The first-order valence-electron chi connectivity index (χ1n) is 9.58. The van der Waals surface area contributed by atoms with Crippen molar-refractivity contribution in [2.24, 2.45) is 5.92 Å². The van der Waals surface area contributed by atoms with E-state index in [-0.39, 0.29) is 18.0 Å². The number of hydrogen-bond acceptors (Lipinski definition) is 6. The topological polar surface area (TPSA) is 79.4 Å². The molecule has 1 atom stereocenters. The number of halogens is 2. The molecule has 0 radical (unpaired) electrons. The van der Waals surface area contributed by atoms with Crippen LogP contribution in [-0.2, 0) is 4.79 Å². The smallest absolute Gasteiger partial charge is 0.246 e. The highest BCUT2D eigenvalue weighted by molar-refractivity contribution is 6.03. The van der Waals surface area contributed by atoms with Crippen molar-refractivity contribution in [2.75, 3.05) is 29.2 Å². The first kappa shape index (κ1) is 19.4. The van der Waals surface area contributed by atoms with Gasteiger partial charge in [0, 0.05) is 19.2 Å². The zero-order valence-electron chi connectivity index (χ0n) is 16.5. The van der Waals surface area contributed by atoms with Crippen LogP contribution < -0.4 is 20.3 Å². The monoisotopic (exact) mass is 403 g/mol. The van der Waals surface area contributed by atoms with Crippen LogP contribution in [0.4, 0.5) is 26.2 Å². The minimum Gasteiger partial charge on any atom is -0.493 e. The molecule has 0 unspecified atom stereocenters. The largest absolute Gasteiger partial charge is 0.493 e. The summed E-state index contributed by atoms with van der Waals surface area (Å²) in [5, 5.41) is 6.20. The molecule has 0 saturated heterocycles. The van der Waals surface area contributed by atoms with E-state index in [0.717, 1.165) is 25.0 Å². The van der Waals surface area contributed by atoms with E-state index in [4.69, 9.17) is 4.74 Å². The third-order valence-corrected chi connectivity index (χ3v) is 5.56. The predicted octanol–water partition coefficient (Wildman–Crippen LogP) is 3.11. The van der Waals surface area contributed by atoms with Crippen molar-refractivity contribution in [1.29, 1.82) is 0 Å². The third-order valence-electron chi connectivity index (χ3n) is 5.56. The first-order chi connectivity index (χ1) is 13.8. The molecule has 1 aromatic heterocycles. The van der Waals surface area contributed by atoms with Gasteiger partial charge in [0.05, 0.1) is 12.3 Å². The van der Waals surface area contributed by atoms with Crippen molar-refractivity contribution in [3.05, 3.63) is 35.5 Å². The van der Waals surface area contributed by atoms with Gasteiger partial charge in [-0.05, 0) is 44.7 Å². The number of rotatable bonds is 5. The molecule has 1 fully saturated rings. The molecule has 7 nitrogen and oxygen atoms in total. The minimum absolute atomic E-state index is 0.0738. The van der Waals surface area contributed by atoms with Crippen molar-refractivity contribution in [3.8, 4) is 5.75 Å². The maximum atomic E-state index is 13.2. The lowest BCUT2D eigenvalue weighted by molar-refractivity contribution is -0.117. The van der Waals surface area contributed by atoms with Crippen molar-refractivity contribution >= 4 is 23.4 Å². The standard InChI is InChI=1S/C20H23F2N5O2/c1-10-17-18(27(3)11(2)19(28)25-17)26-20(23-10)24-13-6-12(7-13)9-29-14-4-5-15(21)16(22)8-14/h4-5,8,11-13H,6-7,9H2,1-3H3,(H,25,28)(H,23,24,26)/t11-,12?,13?/m0/s1. The lowest BCUT2D eigenvalue weighted by Gasteiger charge is -2.36. The maximum absolute atomic E-state index is 13.2. The molecule has 154 valence electrons. The second kappa shape index (κ2) is 7.46. The van der Waals surface area contributed by atoms with Gasteiger partial charge in [-0.1, -0.05) is 0 Å². The lowest BCUT2D eigenvalue weighted by atomic mass is 9.81. The second-order valence-corrected chi connectivity index (χ2v) is 7.67. The van der Waals surface area contributed by atoms with Crippen molar-refractivity contribution in [3.63, 3.8) is 0 Å². The SMILES string of the molecule is Cc1nc(NC2CC(COc3ccc(F)c(F)c3)C2)nc2c1NC(=O)[C@H](C)N2C. The molecular weight excluding hydrogens is 380 g/mol. The van der Waals surface area contributed by atoms with Crippen LogP contribution in [0.25, 0.3) is 0 Å². The summed E-state index contributed by atoms with van der Waals surface area (Å²) in [6.07, 6.45) is 1.73. The quantitative estimate of drug-likeness (QED) is 0.799. The Hall–Kier alpha value is -2.97. The Bertz CT molecular complexity index is 949. The van der Waals surface area contributed by atoms with Gasteiger partial charge in [-0.2, -0.15) is 4.98 Å². The number of anilines is 3. The average molecular weight is 403 g/mol. The Morgan fingerprint density at radius 3 is 2.76 bits per heavy atom. The van der Waals surface area contributed by atoms with Crippen molar-refractivity contribution < 1.29 is 18.3 Å². The Balaban J connectivity index is 1.33. The van der Waals surface area contributed by atoms with Crippen LogP contribution in [0.3, 0.4) is 0 Å². The zero-order valence-corrected chi connectivity index (χ0v) is 16.5. The van der Waals surface area contributed by atoms with Gasteiger partial charge in [0.15, 0.2) is 17.5 Å². The summed E-state index contributed by atoms with van der Waals surface area (Å²) >= 11 is 0. The molecule has 1 aliphatic carbocycles. The van der Waals surface area contributed by atoms with Crippen molar-refractivity contribution in [1.82, 2.24) is 9.97 Å². The summed E-state index contributed by atoms with van der Waals surface area (Å²) in [6.45, 7) is 4.11. The van der Waals surface area contributed by atoms with Crippen LogP contribution in [-0.4, -0.2) is 41.6 Å². The molecule has 1 aliphatic heterocycles. The van der Waals surface area contributed by atoms with Gasteiger partial charge in [0.1, 0.15) is 17.5 Å². The summed E-state index contributed by atoms with van der Waals surface area (Å²) < 4.78 is 31.7. The number of aromatic nitrogens is 2. The molecular formula is C20H23F2N5O2. The molecule has 29 heavy (non-hydrogen) atoms. The van der Waals surface area contributed by atoms with Crippen LogP contribution in [0.1, 0.15) is 25.5 Å². The van der Waals surface area contributed by atoms with Gasteiger partial charge in [-0.3, -0.25) is 4.79 Å². The number of nitrogens with one attached hydrogen (secondary N) is 2. The van der Waals surface area contributed by atoms with E-state index >= 15 is 0 Å². The number of carbonyl (C=O) groups is 1. The Morgan fingerprint density at radius 1 is 1.28 bits per heavy atom. The zero-order chi connectivity index (χ0) is 20.7. The van der Waals surface area contributed by atoms with Gasteiger partial charge in [-0.15, -0.1) is 0 Å². The summed E-state index contributed by atoms with van der Waals surface area (Å²) in [6, 6.07) is 3.46. The van der Waals surface area contributed by atoms with Gasteiger partial charge in [-0.25, -0.2) is 13.8 Å². The van der Waals surface area contributed by atoms with Gasteiger partial charge in [0.25, 0.3) is 0 Å². The third kappa shape index (κ3) is 3.81. The molecule has 2 heterocycles. The molecule has 1 saturated carbocycles. The highest BCUT2D eigenvalue weighted by atomic mass is 19.2. The highest BCUT2D eigenvalue weighted by Gasteiger charge is 2.33. The van der Waals surface area contributed by atoms with Gasteiger partial charge in [0.2, 0.25) is 11.9 Å². The molecule has 4 rings (SSSR count).